The van der Waals surface area contributed by atoms with Crippen molar-refractivity contribution in [2.45, 2.75) is 13.1 Å². The number of hydrogen-bond acceptors (Lipinski definition) is 4. The largest absolute Gasteiger partial charge is 0.375 e. The third-order valence-electron chi connectivity index (χ3n) is 2.45. The van der Waals surface area contributed by atoms with E-state index in [1.165, 1.54) is 23.5 Å². The predicted molar refractivity (Wildman–Crippen MR) is 83.0 cm³/mol. The van der Waals surface area contributed by atoms with Gasteiger partial charge in [-0.1, -0.05) is 22.0 Å². The second-order valence-electron chi connectivity index (χ2n) is 4.07. The second-order valence-corrected chi connectivity index (χ2v) is 6.07. The van der Waals surface area contributed by atoms with Crippen LogP contribution in [0.4, 0.5) is 9.52 Å². The highest BCUT2D eigenvalue weighted by Gasteiger charge is 2.07. The smallest absolute Gasteiger partial charge is 0.180 e. The highest BCUT2D eigenvalue weighted by Crippen LogP contribution is 2.21. The summed E-state index contributed by atoms with van der Waals surface area (Å²) >= 11 is 4.86. The molecule has 0 aliphatic rings. The van der Waals surface area contributed by atoms with Crippen molar-refractivity contribution in [3.05, 3.63) is 45.1 Å². The van der Waals surface area contributed by atoms with E-state index < -0.39 is 0 Å². The van der Waals surface area contributed by atoms with Gasteiger partial charge in [-0.05, 0) is 24.7 Å². The number of nitrogens with two attached hydrogens (primary N) is 1. The number of aromatic nitrogens is 1. The Morgan fingerprint density at radius 2 is 2.16 bits per heavy atom. The molecule has 0 radical (unpaired) electrons. The minimum absolute atomic E-state index is 0. The first-order chi connectivity index (χ1) is 8.54. The van der Waals surface area contributed by atoms with Crippen molar-refractivity contribution in [2.75, 3.05) is 12.8 Å². The predicted octanol–water partition coefficient (Wildman–Crippen LogP) is 3.68. The van der Waals surface area contributed by atoms with Crippen molar-refractivity contribution < 1.29 is 4.39 Å². The van der Waals surface area contributed by atoms with Gasteiger partial charge in [0.05, 0.1) is 0 Å². The van der Waals surface area contributed by atoms with Crippen molar-refractivity contribution >= 4 is 44.8 Å². The maximum absolute atomic E-state index is 13.0. The molecule has 0 unspecified atom stereocenters. The first-order valence-corrected chi connectivity index (χ1v) is 6.98. The Morgan fingerprint density at radius 1 is 1.42 bits per heavy atom. The monoisotopic (exact) mass is 365 g/mol. The van der Waals surface area contributed by atoms with Crippen LogP contribution in [-0.2, 0) is 13.1 Å². The molecule has 1 heterocycles. The van der Waals surface area contributed by atoms with E-state index in [1.807, 2.05) is 7.05 Å². The molecule has 0 saturated carbocycles. The van der Waals surface area contributed by atoms with Gasteiger partial charge in [0.1, 0.15) is 5.82 Å². The summed E-state index contributed by atoms with van der Waals surface area (Å²) in [5.74, 6) is -0.233. The second kappa shape index (κ2) is 7.19. The first kappa shape index (κ1) is 16.4. The molecule has 1 aromatic heterocycles. The summed E-state index contributed by atoms with van der Waals surface area (Å²) in [4.78, 5) is 7.27. The topological polar surface area (TPSA) is 42.2 Å². The maximum atomic E-state index is 13.0. The van der Waals surface area contributed by atoms with E-state index in [-0.39, 0.29) is 18.2 Å². The Morgan fingerprint density at radius 3 is 2.74 bits per heavy atom. The Labute approximate surface area is 130 Å². The first-order valence-electron chi connectivity index (χ1n) is 5.37. The van der Waals surface area contributed by atoms with Crippen LogP contribution < -0.4 is 5.73 Å². The number of benzene rings is 1. The van der Waals surface area contributed by atoms with Gasteiger partial charge in [-0.2, -0.15) is 0 Å². The molecule has 0 atom stereocenters. The number of nitrogens with zero attached hydrogens (tertiary/aromatic N) is 2. The van der Waals surface area contributed by atoms with Crippen LogP contribution in [0.25, 0.3) is 0 Å². The lowest BCUT2D eigenvalue weighted by Crippen LogP contribution is -2.16. The molecule has 3 nitrogen and oxygen atoms in total. The number of thiazole rings is 1. The zero-order valence-electron chi connectivity index (χ0n) is 10.3. The van der Waals surface area contributed by atoms with Crippen LogP contribution in [0.2, 0.25) is 0 Å². The third-order valence-corrected chi connectivity index (χ3v) is 4.00. The minimum Gasteiger partial charge on any atom is -0.375 e. The summed E-state index contributed by atoms with van der Waals surface area (Å²) < 4.78 is 13.8. The van der Waals surface area contributed by atoms with Gasteiger partial charge in [0.25, 0.3) is 0 Å². The number of rotatable bonds is 4. The average molecular weight is 367 g/mol. The van der Waals surface area contributed by atoms with E-state index in [0.717, 1.165) is 28.0 Å². The molecule has 2 rings (SSSR count). The van der Waals surface area contributed by atoms with Crippen molar-refractivity contribution in [3.8, 4) is 0 Å². The van der Waals surface area contributed by atoms with Crippen LogP contribution in [0, 0.1) is 5.82 Å². The van der Waals surface area contributed by atoms with Crippen molar-refractivity contribution in [1.29, 1.82) is 0 Å². The number of halogens is 3. The van der Waals surface area contributed by atoms with Gasteiger partial charge in [-0.15, -0.1) is 23.7 Å². The van der Waals surface area contributed by atoms with E-state index in [9.17, 15) is 4.39 Å². The maximum Gasteiger partial charge on any atom is 0.180 e. The van der Waals surface area contributed by atoms with Crippen molar-refractivity contribution in [3.63, 3.8) is 0 Å². The van der Waals surface area contributed by atoms with Gasteiger partial charge >= 0.3 is 0 Å². The third kappa shape index (κ3) is 4.72. The Bertz CT molecular complexity index is 550. The van der Waals surface area contributed by atoms with E-state index in [2.05, 4.69) is 25.8 Å². The minimum atomic E-state index is -0.233. The van der Waals surface area contributed by atoms with Crippen LogP contribution in [0.1, 0.15) is 10.4 Å². The van der Waals surface area contributed by atoms with Gasteiger partial charge in [0, 0.05) is 28.6 Å². The van der Waals surface area contributed by atoms with Gasteiger partial charge in [-0.3, -0.25) is 4.90 Å². The molecule has 2 N–H and O–H groups in total. The standard InChI is InChI=1S/C12H13BrFN3S.ClH/c1-17(7-10-5-16-12(15)18-10)6-8-2-3-9(14)4-11(8)13;/h2-5H,6-7H2,1H3,(H2,15,16);1H. The van der Waals surface area contributed by atoms with Gasteiger partial charge in [0.15, 0.2) is 5.13 Å². The molecule has 0 saturated heterocycles. The summed E-state index contributed by atoms with van der Waals surface area (Å²) in [7, 11) is 2.01. The summed E-state index contributed by atoms with van der Waals surface area (Å²) in [6, 6.07) is 4.74. The lowest BCUT2D eigenvalue weighted by Gasteiger charge is -2.16. The van der Waals surface area contributed by atoms with Crippen LogP contribution in [0.15, 0.2) is 28.9 Å². The fourth-order valence-electron chi connectivity index (χ4n) is 1.66. The van der Waals surface area contributed by atoms with E-state index >= 15 is 0 Å². The molecule has 0 fully saturated rings. The van der Waals surface area contributed by atoms with Gasteiger partial charge in [0.2, 0.25) is 0 Å². The fourth-order valence-corrected chi connectivity index (χ4v) is 2.90. The van der Waals surface area contributed by atoms with E-state index in [4.69, 9.17) is 5.73 Å². The lowest BCUT2D eigenvalue weighted by molar-refractivity contribution is 0.321. The van der Waals surface area contributed by atoms with Crippen LogP contribution in [0.3, 0.4) is 0 Å². The molecule has 0 bridgehead atoms. The molecule has 104 valence electrons. The molecular weight excluding hydrogens is 353 g/mol. The van der Waals surface area contributed by atoms with Crippen LogP contribution in [0.5, 0.6) is 0 Å². The van der Waals surface area contributed by atoms with E-state index in [1.54, 1.807) is 12.3 Å². The molecular formula is C12H14BrClFN3S. The molecule has 2 aromatic rings. The van der Waals surface area contributed by atoms with Gasteiger partial charge < -0.3 is 5.73 Å². The number of nitrogen functional groups attached to an aromatic ring is 1. The molecule has 0 amide bonds. The molecule has 19 heavy (non-hydrogen) atoms. The quantitative estimate of drug-likeness (QED) is 0.897. The van der Waals surface area contributed by atoms with Crippen molar-refractivity contribution in [1.82, 2.24) is 9.88 Å². The molecule has 0 aliphatic heterocycles. The summed E-state index contributed by atoms with van der Waals surface area (Å²) in [6.07, 6.45) is 1.79. The lowest BCUT2D eigenvalue weighted by atomic mass is 10.2. The van der Waals surface area contributed by atoms with Crippen molar-refractivity contribution in [2.24, 2.45) is 0 Å². The SMILES string of the molecule is CN(Cc1cnc(N)s1)Cc1ccc(F)cc1Br.Cl. The Kier molecular flexibility index (Phi) is 6.19. The average Bonchev–Trinajstić information content (AvgIpc) is 2.68. The van der Waals surface area contributed by atoms with Gasteiger partial charge in [-0.25, -0.2) is 9.37 Å². The molecule has 1 aromatic carbocycles. The zero-order valence-corrected chi connectivity index (χ0v) is 13.5. The summed E-state index contributed by atoms with van der Waals surface area (Å²) in [6.45, 7) is 1.51. The number of anilines is 1. The molecule has 7 heteroatoms. The van der Waals surface area contributed by atoms with Crippen LogP contribution in [-0.4, -0.2) is 16.9 Å². The van der Waals surface area contributed by atoms with E-state index in [0.29, 0.717) is 5.13 Å². The normalized spacial score (nSPS) is 10.5. The number of hydrogen-bond donors (Lipinski definition) is 1. The van der Waals surface area contributed by atoms with Crippen LogP contribution >= 0.6 is 39.7 Å². The Hall–Kier alpha value is -0.690. The summed E-state index contributed by atoms with van der Waals surface area (Å²) in [5, 5.41) is 0.585. The highest BCUT2D eigenvalue weighted by molar-refractivity contribution is 9.10. The molecule has 0 spiro atoms. The molecule has 0 aliphatic carbocycles. The summed E-state index contributed by atoms with van der Waals surface area (Å²) in [5.41, 5.74) is 6.64. The fraction of sp³-hybridized carbons (Fsp3) is 0.250. The highest BCUT2D eigenvalue weighted by atomic mass is 79.9. The zero-order chi connectivity index (χ0) is 13.1. The Balaban J connectivity index is 0.00000180.